The van der Waals surface area contributed by atoms with Gasteiger partial charge in [-0.2, -0.15) is 5.26 Å². The van der Waals surface area contributed by atoms with E-state index in [-0.39, 0.29) is 18.4 Å². The van der Waals surface area contributed by atoms with Crippen molar-refractivity contribution >= 4 is 22.6 Å². The van der Waals surface area contributed by atoms with E-state index in [1.807, 2.05) is 28.8 Å². The van der Waals surface area contributed by atoms with Crippen LogP contribution in [0.5, 0.6) is 0 Å². The molecular weight excluding hydrogens is 300 g/mol. The first kappa shape index (κ1) is 15.8. The predicted molar refractivity (Wildman–Crippen MR) is 93.6 cm³/mol. The van der Waals surface area contributed by atoms with E-state index in [9.17, 15) is 4.79 Å². The molecule has 120 valence electrons. The van der Waals surface area contributed by atoms with E-state index in [0.29, 0.717) is 11.3 Å². The van der Waals surface area contributed by atoms with Crippen LogP contribution in [-0.4, -0.2) is 15.5 Å². The third-order valence-electron chi connectivity index (χ3n) is 3.78. The first-order chi connectivity index (χ1) is 11.6. The van der Waals surface area contributed by atoms with Gasteiger partial charge in [-0.05, 0) is 30.3 Å². The number of carbonyl (C=O) groups is 1. The van der Waals surface area contributed by atoms with Crippen LogP contribution in [0.15, 0.2) is 48.5 Å². The number of fused-ring (bicyclic) bond motifs is 1. The first-order valence-electron chi connectivity index (χ1n) is 7.83. The minimum absolute atomic E-state index is 0.143. The maximum Gasteiger partial charge on any atom is 0.244 e. The Bertz CT molecular complexity index is 934. The molecule has 1 aromatic heterocycles. The summed E-state index contributed by atoms with van der Waals surface area (Å²) in [7, 11) is 0. The number of anilines is 1. The molecule has 3 aromatic rings. The topological polar surface area (TPSA) is 70.7 Å². The highest BCUT2D eigenvalue weighted by atomic mass is 16.1. The molecule has 24 heavy (non-hydrogen) atoms. The van der Waals surface area contributed by atoms with Gasteiger partial charge in [0.25, 0.3) is 0 Å². The van der Waals surface area contributed by atoms with Crippen LogP contribution in [0.2, 0.25) is 0 Å². The van der Waals surface area contributed by atoms with Crippen molar-refractivity contribution in [1.29, 1.82) is 5.26 Å². The fourth-order valence-electron chi connectivity index (χ4n) is 2.71. The number of benzene rings is 2. The van der Waals surface area contributed by atoms with Crippen LogP contribution < -0.4 is 5.32 Å². The molecule has 0 saturated heterocycles. The molecule has 0 saturated carbocycles. The van der Waals surface area contributed by atoms with Crippen LogP contribution in [0.25, 0.3) is 11.0 Å². The van der Waals surface area contributed by atoms with Gasteiger partial charge in [-0.15, -0.1) is 0 Å². The summed E-state index contributed by atoms with van der Waals surface area (Å²) in [6.45, 7) is 4.31. The molecule has 3 rings (SSSR count). The summed E-state index contributed by atoms with van der Waals surface area (Å²) in [4.78, 5) is 17.1. The number of imidazole rings is 1. The second-order valence-electron chi connectivity index (χ2n) is 5.94. The predicted octanol–water partition coefficient (Wildman–Crippen LogP) is 3.67. The van der Waals surface area contributed by atoms with Gasteiger partial charge in [0.05, 0.1) is 22.7 Å². The number of para-hydroxylation sites is 2. The second-order valence-corrected chi connectivity index (χ2v) is 5.94. The fourth-order valence-corrected chi connectivity index (χ4v) is 2.71. The zero-order chi connectivity index (χ0) is 17.1. The van der Waals surface area contributed by atoms with Gasteiger partial charge in [-0.1, -0.05) is 32.0 Å². The van der Waals surface area contributed by atoms with E-state index in [4.69, 9.17) is 5.26 Å². The Kier molecular flexibility index (Phi) is 4.30. The van der Waals surface area contributed by atoms with Crippen molar-refractivity contribution in [2.75, 3.05) is 5.32 Å². The molecule has 0 atom stereocenters. The van der Waals surface area contributed by atoms with Gasteiger partial charge in [0, 0.05) is 11.6 Å². The zero-order valence-corrected chi connectivity index (χ0v) is 13.7. The van der Waals surface area contributed by atoms with Gasteiger partial charge in [0.1, 0.15) is 12.4 Å². The average molecular weight is 318 g/mol. The average Bonchev–Trinajstić information content (AvgIpc) is 2.94. The Morgan fingerprint density at radius 3 is 2.79 bits per heavy atom. The Balaban J connectivity index is 1.87. The lowest BCUT2D eigenvalue weighted by Gasteiger charge is -2.12. The van der Waals surface area contributed by atoms with Gasteiger partial charge in [-0.3, -0.25) is 4.79 Å². The molecule has 0 unspecified atom stereocenters. The molecule has 1 N–H and O–H groups in total. The molecule has 2 aromatic carbocycles. The molecule has 0 aliphatic heterocycles. The molecule has 5 heteroatoms. The van der Waals surface area contributed by atoms with Crippen molar-refractivity contribution in [3.8, 4) is 6.07 Å². The molecule has 0 bridgehead atoms. The number of amides is 1. The lowest BCUT2D eigenvalue weighted by molar-refractivity contribution is -0.116. The number of aromatic nitrogens is 2. The third kappa shape index (κ3) is 3.13. The monoisotopic (exact) mass is 318 g/mol. The lowest BCUT2D eigenvalue weighted by atomic mass is 10.2. The molecule has 1 amide bonds. The maximum atomic E-state index is 12.5. The standard InChI is InChI=1S/C19H18N4O/c1-13(2)19-22-16-8-3-4-9-17(16)23(19)12-18(24)21-15-7-5-6-14(10-15)11-20/h3-10,13H,12H2,1-2H3,(H,21,24). The molecule has 0 aliphatic rings. The highest BCUT2D eigenvalue weighted by Gasteiger charge is 2.16. The Morgan fingerprint density at radius 1 is 1.25 bits per heavy atom. The number of nitrogens with one attached hydrogen (secondary N) is 1. The summed E-state index contributed by atoms with van der Waals surface area (Å²) in [5.74, 6) is 0.958. The Labute approximate surface area is 140 Å². The molecule has 0 radical (unpaired) electrons. The minimum atomic E-state index is -0.143. The molecule has 1 heterocycles. The summed E-state index contributed by atoms with van der Waals surface area (Å²) in [6, 6.07) is 16.8. The minimum Gasteiger partial charge on any atom is -0.324 e. The van der Waals surface area contributed by atoms with E-state index >= 15 is 0 Å². The van der Waals surface area contributed by atoms with Crippen LogP contribution >= 0.6 is 0 Å². The summed E-state index contributed by atoms with van der Waals surface area (Å²) < 4.78 is 1.95. The van der Waals surface area contributed by atoms with Gasteiger partial charge >= 0.3 is 0 Å². The number of hydrogen-bond acceptors (Lipinski definition) is 3. The highest BCUT2D eigenvalue weighted by molar-refractivity contribution is 5.92. The van der Waals surface area contributed by atoms with Gasteiger partial charge < -0.3 is 9.88 Å². The van der Waals surface area contributed by atoms with E-state index in [1.54, 1.807) is 24.3 Å². The number of hydrogen-bond donors (Lipinski definition) is 1. The summed E-state index contributed by atoms with van der Waals surface area (Å²) in [6.07, 6.45) is 0. The molecule has 0 spiro atoms. The smallest absolute Gasteiger partial charge is 0.244 e. The van der Waals surface area contributed by atoms with Gasteiger partial charge in [-0.25, -0.2) is 4.98 Å². The van der Waals surface area contributed by atoms with Crippen LogP contribution in [-0.2, 0) is 11.3 Å². The SMILES string of the molecule is CC(C)c1nc2ccccc2n1CC(=O)Nc1cccc(C#N)c1. The van der Waals surface area contributed by atoms with E-state index < -0.39 is 0 Å². The fraction of sp³-hybridized carbons (Fsp3) is 0.211. The van der Waals surface area contributed by atoms with E-state index in [2.05, 4.69) is 30.2 Å². The van der Waals surface area contributed by atoms with Crippen molar-refractivity contribution < 1.29 is 4.79 Å². The molecule has 0 aliphatic carbocycles. The summed E-state index contributed by atoms with van der Waals surface area (Å²) >= 11 is 0. The van der Waals surface area contributed by atoms with Crippen LogP contribution in [0.4, 0.5) is 5.69 Å². The Morgan fingerprint density at radius 2 is 2.04 bits per heavy atom. The van der Waals surface area contributed by atoms with Crippen molar-refractivity contribution in [2.45, 2.75) is 26.3 Å². The van der Waals surface area contributed by atoms with Crippen LogP contribution in [0, 0.1) is 11.3 Å². The largest absolute Gasteiger partial charge is 0.324 e. The zero-order valence-electron chi connectivity index (χ0n) is 13.7. The van der Waals surface area contributed by atoms with Crippen LogP contribution in [0.3, 0.4) is 0 Å². The van der Waals surface area contributed by atoms with Crippen molar-refractivity contribution in [3.63, 3.8) is 0 Å². The van der Waals surface area contributed by atoms with Crippen molar-refractivity contribution in [1.82, 2.24) is 9.55 Å². The number of carbonyl (C=O) groups excluding carboxylic acids is 1. The number of nitrogens with zero attached hydrogens (tertiary/aromatic N) is 3. The lowest BCUT2D eigenvalue weighted by Crippen LogP contribution is -2.20. The van der Waals surface area contributed by atoms with Crippen LogP contribution in [0.1, 0.15) is 31.2 Å². The summed E-state index contributed by atoms with van der Waals surface area (Å²) in [5.41, 5.74) is 2.97. The number of rotatable bonds is 4. The van der Waals surface area contributed by atoms with Crippen molar-refractivity contribution in [2.24, 2.45) is 0 Å². The van der Waals surface area contributed by atoms with Gasteiger partial charge in [0.15, 0.2) is 0 Å². The number of nitriles is 1. The molecule has 0 fully saturated rings. The Hall–Kier alpha value is -3.13. The van der Waals surface area contributed by atoms with Crippen molar-refractivity contribution in [3.05, 3.63) is 59.9 Å². The molecule has 5 nitrogen and oxygen atoms in total. The molecular formula is C19H18N4O. The maximum absolute atomic E-state index is 12.5. The summed E-state index contributed by atoms with van der Waals surface area (Å²) in [5, 5.41) is 11.8. The van der Waals surface area contributed by atoms with Gasteiger partial charge in [0.2, 0.25) is 5.91 Å². The quantitative estimate of drug-likeness (QED) is 0.798. The third-order valence-corrected chi connectivity index (χ3v) is 3.78. The first-order valence-corrected chi connectivity index (χ1v) is 7.83. The van der Waals surface area contributed by atoms with E-state index in [0.717, 1.165) is 16.9 Å². The highest BCUT2D eigenvalue weighted by Crippen LogP contribution is 2.22. The van der Waals surface area contributed by atoms with E-state index in [1.165, 1.54) is 0 Å². The normalized spacial score (nSPS) is 10.8. The second kappa shape index (κ2) is 6.55.